The highest BCUT2D eigenvalue weighted by molar-refractivity contribution is 8.18. The summed E-state index contributed by atoms with van der Waals surface area (Å²) in [4.78, 5) is 21.7. The summed E-state index contributed by atoms with van der Waals surface area (Å²) in [6.45, 7) is 8.67. The number of amides is 1. The molecule has 26 heavy (non-hydrogen) atoms. The summed E-state index contributed by atoms with van der Waals surface area (Å²) in [6.07, 6.45) is 2.49. The van der Waals surface area contributed by atoms with Gasteiger partial charge in [0.05, 0.1) is 11.0 Å². The maximum absolute atomic E-state index is 12.3. The van der Waals surface area contributed by atoms with E-state index in [2.05, 4.69) is 59.0 Å². The highest BCUT2D eigenvalue weighted by Crippen LogP contribution is 2.31. The van der Waals surface area contributed by atoms with Crippen LogP contribution in [-0.4, -0.2) is 53.6 Å². The van der Waals surface area contributed by atoms with Gasteiger partial charge in [-0.2, -0.15) is 10.3 Å². The van der Waals surface area contributed by atoms with Crippen molar-refractivity contribution in [3.05, 3.63) is 40.3 Å². The Morgan fingerprint density at radius 3 is 2.54 bits per heavy atom. The summed E-state index contributed by atoms with van der Waals surface area (Å²) in [5.74, 6) is 0.353. The number of benzene rings is 1. The molecule has 5 nitrogen and oxygen atoms in total. The van der Waals surface area contributed by atoms with Crippen LogP contribution in [0.4, 0.5) is 0 Å². The molecule has 1 amide bonds. The molecule has 0 unspecified atom stereocenters. The maximum atomic E-state index is 12.3. The first-order valence-corrected chi connectivity index (χ1v) is 9.85. The van der Waals surface area contributed by atoms with Crippen molar-refractivity contribution in [2.45, 2.75) is 26.2 Å². The minimum atomic E-state index is -0.148. The zero-order chi connectivity index (χ0) is 18.5. The van der Waals surface area contributed by atoms with Crippen LogP contribution < -0.4 is 0 Å². The molecule has 6 heteroatoms. The smallest absolute Gasteiger partial charge is 0.286 e. The van der Waals surface area contributed by atoms with Crippen LogP contribution in [-0.2, 0) is 4.79 Å². The molecule has 0 aromatic heterocycles. The Hall–Kier alpha value is -2.10. The van der Waals surface area contributed by atoms with Crippen molar-refractivity contribution in [3.8, 4) is 6.07 Å². The summed E-state index contributed by atoms with van der Waals surface area (Å²) in [7, 11) is 0. The number of rotatable bonds is 4. The van der Waals surface area contributed by atoms with E-state index in [4.69, 9.17) is 5.26 Å². The number of amidine groups is 1. The van der Waals surface area contributed by atoms with E-state index in [1.54, 1.807) is 0 Å². The molecule has 3 rings (SSSR count). The summed E-state index contributed by atoms with van der Waals surface area (Å²) < 4.78 is 0. The lowest BCUT2D eigenvalue weighted by molar-refractivity contribution is -0.113. The molecule has 1 saturated heterocycles. The third-order valence-electron chi connectivity index (χ3n) is 4.69. The average molecular weight is 369 g/mol. The lowest BCUT2D eigenvalue weighted by atomic mass is 10.0. The largest absolute Gasteiger partial charge is 0.348 e. The summed E-state index contributed by atoms with van der Waals surface area (Å²) in [5.41, 5.74) is 2.33. The minimum absolute atomic E-state index is 0.148. The van der Waals surface area contributed by atoms with Crippen LogP contribution in [0.2, 0.25) is 0 Å². The molecular weight excluding hydrogens is 344 g/mol. The molecule has 1 aromatic carbocycles. The monoisotopic (exact) mass is 368 g/mol. The third-order valence-corrected chi connectivity index (χ3v) is 5.74. The quantitative estimate of drug-likeness (QED) is 0.763. The second kappa shape index (κ2) is 8.52. The van der Waals surface area contributed by atoms with E-state index < -0.39 is 0 Å². The molecule has 1 aromatic rings. The van der Waals surface area contributed by atoms with E-state index in [0.717, 1.165) is 43.5 Å². The van der Waals surface area contributed by atoms with Gasteiger partial charge in [-0.25, -0.2) is 0 Å². The van der Waals surface area contributed by atoms with Crippen LogP contribution in [0.25, 0.3) is 6.08 Å². The van der Waals surface area contributed by atoms with Gasteiger partial charge in [-0.3, -0.25) is 9.69 Å². The first kappa shape index (κ1) is 18.7. The lowest BCUT2D eigenvalue weighted by Crippen LogP contribution is -2.47. The molecule has 0 spiro atoms. The van der Waals surface area contributed by atoms with E-state index in [1.165, 1.54) is 17.3 Å². The number of carbonyl (C=O) groups is 1. The fraction of sp³-hybridized carbons (Fsp3) is 0.450. The maximum Gasteiger partial charge on any atom is 0.286 e. The van der Waals surface area contributed by atoms with Crippen LogP contribution in [0.1, 0.15) is 37.3 Å². The molecule has 2 aliphatic rings. The van der Waals surface area contributed by atoms with Crippen molar-refractivity contribution < 1.29 is 4.79 Å². The molecular formula is C20H24N4OS. The van der Waals surface area contributed by atoms with Crippen molar-refractivity contribution in [2.24, 2.45) is 4.99 Å². The van der Waals surface area contributed by atoms with Gasteiger partial charge in [0.15, 0.2) is 5.17 Å². The standard InChI is InChI=1S/C20H24N4OS/c1-15(2)17-6-4-16(5-7-17)14-18-19(25)22-20(26-18)24-12-10-23(11-13-24)9-3-8-21/h4-7,14-15H,3,9-13H2,1-2H3/b18-14+. The molecule has 0 bridgehead atoms. The Kier molecular flexibility index (Phi) is 6.12. The van der Waals surface area contributed by atoms with Crippen molar-refractivity contribution in [1.82, 2.24) is 9.80 Å². The van der Waals surface area contributed by atoms with E-state index in [9.17, 15) is 4.79 Å². The number of nitriles is 1. The molecule has 136 valence electrons. The van der Waals surface area contributed by atoms with Gasteiger partial charge in [-0.15, -0.1) is 0 Å². The van der Waals surface area contributed by atoms with Crippen LogP contribution in [0.3, 0.4) is 0 Å². The van der Waals surface area contributed by atoms with Gasteiger partial charge in [-0.05, 0) is 34.9 Å². The number of thioether (sulfide) groups is 1. The molecule has 2 aliphatic heterocycles. The van der Waals surface area contributed by atoms with E-state index in [0.29, 0.717) is 17.2 Å². The summed E-state index contributed by atoms with van der Waals surface area (Å²) in [6, 6.07) is 10.5. The average Bonchev–Trinajstić information content (AvgIpc) is 3.01. The predicted octanol–water partition coefficient (Wildman–Crippen LogP) is 3.31. The molecule has 0 atom stereocenters. The third kappa shape index (κ3) is 4.54. The van der Waals surface area contributed by atoms with Gasteiger partial charge in [0.1, 0.15) is 0 Å². The Bertz CT molecular complexity index is 753. The topological polar surface area (TPSA) is 59.7 Å². The second-order valence-corrected chi connectivity index (χ2v) is 7.88. The highest BCUT2D eigenvalue weighted by atomic mass is 32.2. The molecule has 0 N–H and O–H groups in total. The van der Waals surface area contributed by atoms with Crippen LogP contribution in [0, 0.1) is 11.3 Å². The Balaban J connectivity index is 1.60. The fourth-order valence-electron chi connectivity index (χ4n) is 3.03. The predicted molar refractivity (Wildman–Crippen MR) is 107 cm³/mol. The molecule has 0 radical (unpaired) electrons. The van der Waals surface area contributed by atoms with Crippen LogP contribution in [0.15, 0.2) is 34.2 Å². The number of nitrogens with zero attached hydrogens (tertiary/aromatic N) is 4. The summed E-state index contributed by atoms with van der Waals surface area (Å²) in [5, 5.41) is 9.50. The number of hydrogen-bond donors (Lipinski definition) is 0. The van der Waals surface area contributed by atoms with Gasteiger partial charge < -0.3 is 4.90 Å². The van der Waals surface area contributed by atoms with Crippen molar-refractivity contribution in [3.63, 3.8) is 0 Å². The second-order valence-electron chi connectivity index (χ2n) is 6.87. The Morgan fingerprint density at radius 2 is 1.92 bits per heavy atom. The zero-order valence-electron chi connectivity index (χ0n) is 15.3. The number of hydrogen-bond acceptors (Lipinski definition) is 5. The van der Waals surface area contributed by atoms with Gasteiger partial charge in [-0.1, -0.05) is 38.1 Å². The SMILES string of the molecule is CC(C)c1ccc(/C=C2/SC(N3CCN(CCC#N)CC3)=NC2=O)cc1. The van der Waals surface area contributed by atoms with Crippen molar-refractivity contribution in [2.75, 3.05) is 32.7 Å². The first-order chi connectivity index (χ1) is 12.6. The van der Waals surface area contributed by atoms with Crippen LogP contribution in [0.5, 0.6) is 0 Å². The molecule has 2 heterocycles. The fourth-order valence-corrected chi connectivity index (χ4v) is 4.00. The van der Waals surface area contributed by atoms with E-state index in [1.807, 2.05) is 6.08 Å². The zero-order valence-corrected chi connectivity index (χ0v) is 16.1. The van der Waals surface area contributed by atoms with E-state index >= 15 is 0 Å². The summed E-state index contributed by atoms with van der Waals surface area (Å²) >= 11 is 1.47. The van der Waals surface area contributed by atoms with Gasteiger partial charge >= 0.3 is 0 Å². The molecule has 0 saturated carbocycles. The lowest BCUT2D eigenvalue weighted by Gasteiger charge is -2.34. The van der Waals surface area contributed by atoms with Crippen LogP contribution >= 0.6 is 11.8 Å². The first-order valence-electron chi connectivity index (χ1n) is 9.03. The molecule has 1 fully saturated rings. The normalized spacial score (nSPS) is 19.9. The van der Waals surface area contributed by atoms with Gasteiger partial charge in [0, 0.05) is 39.1 Å². The minimum Gasteiger partial charge on any atom is -0.348 e. The highest BCUT2D eigenvalue weighted by Gasteiger charge is 2.28. The Labute approximate surface area is 159 Å². The van der Waals surface area contributed by atoms with Crippen molar-refractivity contribution >= 4 is 28.9 Å². The van der Waals surface area contributed by atoms with Gasteiger partial charge in [0.25, 0.3) is 5.91 Å². The van der Waals surface area contributed by atoms with Gasteiger partial charge in [0.2, 0.25) is 0 Å². The van der Waals surface area contributed by atoms with Crippen molar-refractivity contribution in [1.29, 1.82) is 5.26 Å². The number of carbonyl (C=O) groups excluding carboxylic acids is 1. The number of aliphatic imine (C=N–C) groups is 1. The van der Waals surface area contributed by atoms with E-state index in [-0.39, 0.29) is 5.91 Å². The molecule has 0 aliphatic carbocycles. The number of piperazine rings is 1. The Morgan fingerprint density at radius 1 is 1.23 bits per heavy atom.